The lowest BCUT2D eigenvalue weighted by Crippen LogP contribution is -2.63. The predicted octanol–water partition coefficient (Wildman–Crippen LogP) is -3.02. The van der Waals surface area contributed by atoms with Crippen molar-refractivity contribution in [1.82, 2.24) is 68.8 Å². The van der Waals surface area contributed by atoms with Gasteiger partial charge in [0.2, 0.25) is 70.9 Å². The summed E-state index contributed by atoms with van der Waals surface area (Å²) in [7, 11) is 0. The molecule has 2 aromatic rings. The van der Waals surface area contributed by atoms with Crippen molar-refractivity contribution < 1.29 is 87.5 Å². The van der Waals surface area contributed by atoms with Crippen molar-refractivity contribution in [1.29, 1.82) is 0 Å². The number of aliphatic hydroxyl groups excluding tert-OH is 2. The molecule has 0 saturated heterocycles. The normalized spacial score (nSPS) is 16.0. The van der Waals surface area contributed by atoms with E-state index in [1.54, 1.807) is 33.9 Å². The number of carbonyl (C=O) groups excluding carboxylic acids is 12. The molecule has 1 heterocycles. The third-order valence-electron chi connectivity index (χ3n) is 19.1. The van der Waals surface area contributed by atoms with Gasteiger partial charge in [-0.25, -0.2) is 4.79 Å². The number of aliphatic carboxylic acids is 2. The highest BCUT2D eigenvalue weighted by Crippen LogP contribution is 2.21. The lowest BCUT2D eigenvalue weighted by atomic mass is 9.96. The first-order chi connectivity index (χ1) is 52.5. The van der Waals surface area contributed by atoms with E-state index in [-0.39, 0.29) is 103 Å². The van der Waals surface area contributed by atoms with Gasteiger partial charge in [0, 0.05) is 17.1 Å². The molecule has 0 unspecified atom stereocenters. The predicted molar refractivity (Wildman–Crippen MR) is 415 cm³/mol. The largest absolute Gasteiger partial charge is 0.481 e. The molecule has 0 spiro atoms. The number of carbonyl (C=O) groups is 14. The molecule has 17 atom stereocenters. The van der Waals surface area contributed by atoms with E-state index < -0.39 is 192 Å². The molecular formula is C74H129N19O18. The van der Waals surface area contributed by atoms with Crippen LogP contribution in [0.15, 0.2) is 30.5 Å². The Morgan fingerprint density at radius 1 is 0.387 bits per heavy atom. The summed E-state index contributed by atoms with van der Waals surface area (Å²) >= 11 is 0. The van der Waals surface area contributed by atoms with Gasteiger partial charge >= 0.3 is 11.9 Å². The average molecular weight is 1570 g/mol. The van der Waals surface area contributed by atoms with Crippen LogP contribution in [0.1, 0.15) is 190 Å². The Hall–Kier alpha value is -8.98. The Kier molecular flexibility index (Phi) is 46.2. The first-order valence-electron chi connectivity index (χ1n) is 38.8. The zero-order valence-corrected chi connectivity index (χ0v) is 65.9. The Bertz CT molecular complexity index is 3300. The fourth-order valence-electron chi connectivity index (χ4n) is 12.0. The van der Waals surface area contributed by atoms with E-state index in [4.69, 9.17) is 34.4 Å². The highest BCUT2D eigenvalue weighted by atomic mass is 16.4. The van der Waals surface area contributed by atoms with E-state index in [2.05, 4.69) is 68.8 Å². The molecule has 0 bridgehead atoms. The molecule has 111 heavy (non-hydrogen) atoms. The number of nitrogens with one attached hydrogen (secondary N) is 13. The summed E-state index contributed by atoms with van der Waals surface area (Å²) in [5.41, 5.74) is 36.7. The van der Waals surface area contributed by atoms with Crippen molar-refractivity contribution in [3.05, 3.63) is 36.0 Å². The summed E-state index contributed by atoms with van der Waals surface area (Å²) in [5.74, 6) is -15.6. The van der Waals surface area contributed by atoms with Gasteiger partial charge < -0.3 is 124 Å². The van der Waals surface area contributed by atoms with Gasteiger partial charge in [-0.05, 0) is 192 Å². The second-order valence-corrected chi connectivity index (χ2v) is 29.0. The number of fused-ring (bicyclic) bond motifs is 1. The standard InChI is InChI=1S/C74H129N19O18/c1-10-41(5)58(91-69(105)55(36-40(3)4)88-63(99)48(80)37-46-39-81-49-25-13-12-24-47(46)49)70(106)82-43(7)62(98)92-60(44(8)94)72(108)86-53(29-17-22-34-78)67(103)90-59(42(6)11-2)71(107)93-61(45(9)95)73(109)89-56(38-57(96)97)68(104)85-51(27-15-20-32-76)65(101)83-50(26-14-19-31-75)64(100)84-52(28-16-21-33-77)66(102)87-54(74(110)111)30-18-23-35-79/h12-13,24-25,39-45,48,50-56,58-61,81,94-95H,10-11,14-23,26-38,75-80H2,1-9H3,(H,82,106)(H,83,101)(H,84,100)(H,85,104)(H,86,108)(H,87,102)(H,88,99)(H,89,109)(H,90,103)(H,91,105)(H,92,98)(H,93,107)(H,96,97)(H,110,111)/t41-,42-,43-,44+,45+,48-,50-,51-,52-,53-,54-,55-,56-,58-,59-,60-,61-/m0/s1. The number of aromatic amines is 1. The SMILES string of the molecule is CC[C@H](C)[C@H](NC(=O)[C@H](CC(C)C)NC(=O)[C@@H](N)Cc1c[nH]c2ccccc12)C(=O)N[C@@H](C)C(=O)N[C@H](C(=O)N[C@@H](CCCCN)C(=O)N[C@H](C(=O)N[C@H](C(=O)N[C@@H](CC(=O)O)C(=O)N[C@@H](CCCCN)C(=O)N[C@@H](CCCCN)C(=O)N[C@@H](CCCCN)C(=O)N[C@@H](CCCCN)C(=O)O)[C@@H](C)O)[C@@H](C)CC)[C@@H](C)O. The highest BCUT2D eigenvalue weighted by Gasteiger charge is 2.40. The number of aromatic nitrogens is 1. The second-order valence-electron chi connectivity index (χ2n) is 29.0. The molecule has 0 fully saturated rings. The number of carboxylic acids is 2. The number of rotatable bonds is 57. The Morgan fingerprint density at radius 3 is 1.10 bits per heavy atom. The number of para-hydroxylation sites is 1. The smallest absolute Gasteiger partial charge is 0.326 e. The topological polar surface area (TPSA) is 636 Å². The maximum absolute atomic E-state index is 14.5. The van der Waals surface area contributed by atoms with Gasteiger partial charge in [-0.1, -0.05) is 72.6 Å². The van der Waals surface area contributed by atoms with E-state index in [1.165, 1.54) is 13.8 Å². The summed E-state index contributed by atoms with van der Waals surface area (Å²) in [6.45, 7) is 15.0. The lowest BCUT2D eigenvalue weighted by Gasteiger charge is -2.31. The van der Waals surface area contributed by atoms with Crippen LogP contribution in [0.25, 0.3) is 10.9 Å². The van der Waals surface area contributed by atoms with Gasteiger partial charge in [0.15, 0.2) is 0 Å². The van der Waals surface area contributed by atoms with Gasteiger partial charge in [-0.15, -0.1) is 0 Å². The second kappa shape index (κ2) is 52.3. The molecule has 0 aliphatic heterocycles. The fourth-order valence-corrected chi connectivity index (χ4v) is 12.0. The molecule has 2 rings (SSSR count). The number of unbranched alkanes of at least 4 members (excludes halogenated alkanes) is 5. The van der Waals surface area contributed by atoms with Crippen molar-refractivity contribution in [2.24, 2.45) is 52.2 Å². The van der Waals surface area contributed by atoms with Crippen LogP contribution in [0.2, 0.25) is 0 Å². The average Bonchev–Trinajstić information content (AvgIpc) is 1.75. The maximum Gasteiger partial charge on any atom is 0.326 e. The van der Waals surface area contributed by atoms with Gasteiger partial charge in [0.05, 0.1) is 24.7 Å². The van der Waals surface area contributed by atoms with Crippen molar-refractivity contribution in [2.75, 3.05) is 32.7 Å². The molecule has 37 heteroatoms. The van der Waals surface area contributed by atoms with Crippen molar-refractivity contribution in [2.45, 2.75) is 281 Å². The first-order valence-corrected chi connectivity index (χ1v) is 38.8. The van der Waals surface area contributed by atoms with Gasteiger partial charge in [0.1, 0.15) is 72.5 Å². The zero-order valence-electron chi connectivity index (χ0n) is 65.9. The third kappa shape index (κ3) is 35.1. The summed E-state index contributed by atoms with van der Waals surface area (Å²) in [6.07, 6.45) is 1.34. The molecule has 12 amide bonds. The van der Waals surface area contributed by atoms with Crippen LogP contribution < -0.4 is 98.2 Å². The van der Waals surface area contributed by atoms with Crippen LogP contribution in [0.5, 0.6) is 0 Å². The minimum absolute atomic E-state index is 0.0333. The highest BCUT2D eigenvalue weighted by molar-refractivity contribution is 6.00. The van der Waals surface area contributed by atoms with Crippen LogP contribution in [0.3, 0.4) is 0 Å². The molecule has 0 aliphatic carbocycles. The molecule has 0 radical (unpaired) electrons. The van der Waals surface area contributed by atoms with Crippen LogP contribution >= 0.6 is 0 Å². The zero-order chi connectivity index (χ0) is 83.6. The molecule has 628 valence electrons. The quantitative estimate of drug-likeness (QED) is 0.0293. The van der Waals surface area contributed by atoms with Gasteiger partial charge in [-0.2, -0.15) is 0 Å². The number of hydrogen-bond acceptors (Lipinski definition) is 22. The van der Waals surface area contributed by atoms with Crippen LogP contribution in [-0.4, -0.2) is 232 Å². The van der Waals surface area contributed by atoms with Crippen molar-refractivity contribution >= 4 is 93.7 Å². The number of H-pyrrole nitrogens is 1. The molecule has 1 aromatic heterocycles. The lowest BCUT2D eigenvalue weighted by molar-refractivity contribution is -0.143. The molecular weight excluding hydrogens is 1440 g/mol. The Balaban J connectivity index is 2.40. The van der Waals surface area contributed by atoms with Crippen molar-refractivity contribution in [3.63, 3.8) is 0 Å². The van der Waals surface area contributed by atoms with E-state index in [9.17, 15) is 87.5 Å². The van der Waals surface area contributed by atoms with E-state index in [0.29, 0.717) is 57.9 Å². The molecule has 1 aromatic carbocycles. The van der Waals surface area contributed by atoms with E-state index >= 15 is 0 Å². The Labute approximate surface area is 649 Å². The monoisotopic (exact) mass is 1570 g/mol. The fraction of sp³-hybridized carbons (Fsp3) is 0.703. The summed E-state index contributed by atoms with van der Waals surface area (Å²) < 4.78 is 0. The molecule has 37 nitrogen and oxygen atoms in total. The minimum atomic E-state index is -2.01. The summed E-state index contributed by atoms with van der Waals surface area (Å²) in [5, 5.41) is 73.3. The number of aliphatic hydroxyl groups is 2. The number of benzene rings is 1. The Morgan fingerprint density at radius 2 is 0.712 bits per heavy atom. The minimum Gasteiger partial charge on any atom is -0.481 e. The van der Waals surface area contributed by atoms with Gasteiger partial charge in [0.25, 0.3) is 0 Å². The van der Waals surface area contributed by atoms with Crippen LogP contribution in [0, 0.1) is 17.8 Å². The number of amides is 12. The number of carboxylic acid groups (broad SMARTS) is 2. The van der Waals surface area contributed by atoms with E-state index in [0.717, 1.165) is 23.4 Å². The van der Waals surface area contributed by atoms with Crippen molar-refractivity contribution in [3.8, 4) is 0 Å². The third-order valence-corrected chi connectivity index (χ3v) is 19.1. The molecule has 0 saturated carbocycles. The molecule has 29 N–H and O–H groups in total. The van der Waals surface area contributed by atoms with Crippen LogP contribution in [-0.2, 0) is 73.5 Å². The van der Waals surface area contributed by atoms with E-state index in [1.807, 2.05) is 38.1 Å². The first kappa shape index (κ1) is 98.1. The number of hydrogen-bond donors (Lipinski definition) is 23. The maximum atomic E-state index is 14.5. The number of nitrogens with two attached hydrogens (primary N) is 6. The molecule has 0 aliphatic rings. The van der Waals surface area contributed by atoms with Gasteiger partial charge in [-0.3, -0.25) is 62.3 Å². The van der Waals surface area contributed by atoms with Crippen LogP contribution in [0.4, 0.5) is 0 Å². The summed E-state index contributed by atoms with van der Waals surface area (Å²) in [6, 6.07) is -11.6. The summed E-state index contributed by atoms with van der Waals surface area (Å²) in [4.78, 5) is 197.